The summed E-state index contributed by atoms with van der Waals surface area (Å²) < 4.78 is 0.637. The van der Waals surface area contributed by atoms with Gasteiger partial charge in [0.2, 0.25) is 0 Å². The molecule has 56 valence electrons. The molecule has 0 aromatic carbocycles. The molecule has 0 amide bonds. The minimum absolute atomic E-state index is 0.379. The molecular weight excluding hydrogens is 226 g/mol. The first-order valence-electron chi connectivity index (χ1n) is 2.74. The molecule has 0 unspecified atom stereocenters. The van der Waals surface area contributed by atoms with E-state index in [0.29, 0.717) is 15.3 Å². The maximum Gasteiger partial charge on any atom is 0.188 e. The van der Waals surface area contributed by atoms with Crippen LogP contribution in [0.1, 0.15) is 5.69 Å². The van der Waals surface area contributed by atoms with Crippen molar-refractivity contribution in [3.8, 4) is 6.07 Å². The number of thioether (sulfide) groups is 1. The Morgan fingerprint density at radius 2 is 2.45 bits per heavy atom. The number of hydrogen-bond acceptors (Lipinski definition) is 4. The zero-order valence-electron chi connectivity index (χ0n) is 5.71. The fourth-order valence-electron chi connectivity index (χ4n) is 0.528. The Balaban J connectivity index is 3.15. The van der Waals surface area contributed by atoms with Crippen LogP contribution in [-0.2, 0) is 0 Å². The third-order valence-corrected chi connectivity index (χ3v) is 2.15. The van der Waals surface area contributed by atoms with Crippen molar-refractivity contribution in [2.45, 2.75) is 5.16 Å². The van der Waals surface area contributed by atoms with Crippen molar-refractivity contribution in [3.05, 3.63) is 16.4 Å². The molecule has 5 heteroatoms. The van der Waals surface area contributed by atoms with Crippen molar-refractivity contribution in [2.75, 3.05) is 6.26 Å². The van der Waals surface area contributed by atoms with Gasteiger partial charge in [-0.3, -0.25) is 0 Å². The number of nitriles is 1. The summed E-state index contributed by atoms with van der Waals surface area (Å²) in [6.07, 6.45) is 3.45. The lowest BCUT2D eigenvalue weighted by atomic mass is 10.4. The number of halogens is 1. The molecule has 0 saturated heterocycles. The summed E-state index contributed by atoms with van der Waals surface area (Å²) in [5.41, 5.74) is 0.379. The lowest BCUT2D eigenvalue weighted by Gasteiger charge is -1.95. The predicted octanol–water partition coefficient (Wildman–Crippen LogP) is 1.83. The first-order valence-corrected chi connectivity index (χ1v) is 4.76. The van der Waals surface area contributed by atoms with Crippen molar-refractivity contribution >= 4 is 27.7 Å². The van der Waals surface area contributed by atoms with Crippen LogP contribution < -0.4 is 0 Å². The average molecular weight is 230 g/mol. The van der Waals surface area contributed by atoms with Gasteiger partial charge in [0.25, 0.3) is 0 Å². The highest BCUT2D eigenvalue weighted by atomic mass is 79.9. The molecule has 1 aromatic rings. The molecule has 0 fully saturated rings. The van der Waals surface area contributed by atoms with E-state index >= 15 is 0 Å². The van der Waals surface area contributed by atoms with E-state index in [2.05, 4.69) is 25.9 Å². The molecule has 1 heterocycles. The van der Waals surface area contributed by atoms with Crippen LogP contribution in [0.3, 0.4) is 0 Å². The Hall–Kier alpha value is -0.600. The molecule has 1 rings (SSSR count). The summed E-state index contributed by atoms with van der Waals surface area (Å²) in [5.74, 6) is 0. The summed E-state index contributed by atoms with van der Waals surface area (Å²) in [7, 11) is 0. The fraction of sp³-hybridized carbons (Fsp3) is 0.167. The lowest BCUT2D eigenvalue weighted by Crippen LogP contribution is -1.90. The van der Waals surface area contributed by atoms with Gasteiger partial charge in [0.1, 0.15) is 6.07 Å². The molecule has 0 spiro atoms. The Labute approximate surface area is 77.0 Å². The van der Waals surface area contributed by atoms with Crippen molar-refractivity contribution in [3.63, 3.8) is 0 Å². The molecular formula is C6H4BrN3S. The molecule has 1 aromatic heterocycles. The van der Waals surface area contributed by atoms with E-state index in [9.17, 15) is 0 Å². The third kappa shape index (κ3) is 1.91. The zero-order valence-corrected chi connectivity index (χ0v) is 8.11. The first-order chi connectivity index (χ1) is 5.27. The topological polar surface area (TPSA) is 49.6 Å². The fourth-order valence-corrected chi connectivity index (χ4v) is 1.15. The van der Waals surface area contributed by atoms with Gasteiger partial charge in [0, 0.05) is 6.20 Å². The molecule has 3 nitrogen and oxygen atoms in total. The third-order valence-electron chi connectivity index (χ3n) is 1.01. The van der Waals surface area contributed by atoms with E-state index in [1.807, 2.05) is 12.3 Å². The molecule has 11 heavy (non-hydrogen) atoms. The van der Waals surface area contributed by atoms with Crippen molar-refractivity contribution in [1.82, 2.24) is 9.97 Å². The Kier molecular flexibility index (Phi) is 2.85. The van der Waals surface area contributed by atoms with Crippen LogP contribution in [0.25, 0.3) is 0 Å². The summed E-state index contributed by atoms with van der Waals surface area (Å²) >= 11 is 4.58. The number of rotatable bonds is 1. The van der Waals surface area contributed by atoms with E-state index in [4.69, 9.17) is 5.26 Å². The van der Waals surface area contributed by atoms with Crippen molar-refractivity contribution < 1.29 is 0 Å². The van der Waals surface area contributed by atoms with Crippen LogP contribution >= 0.6 is 27.7 Å². The van der Waals surface area contributed by atoms with Gasteiger partial charge >= 0.3 is 0 Å². The average Bonchev–Trinajstić information content (AvgIpc) is 2.05. The Morgan fingerprint density at radius 1 is 1.73 bits per heavy atom. The normalized spacial score (nSPS) is 9.18. The van der Waals surface area contributed by atoms with Crippen LogP contribution in [-0.4, -0.2) is 16.2 Å². The standard InChI is InChI=1S/C6H4BrN3S/c1-11-6-9-3-4(7)5(2-8)10-6/h3H,1H3. The van der Waals surface area contributed by atoms with Crippen molar-refractivity contribution in [1.29, 1.82) is 5.26 Å². The van der Waals surface area contributed by atoms with E-state index in [1.54, 1.807) is 6.20 Å². The summed E-state index contributed by atoms with van der Waals surface area (Å²) in [6.45, 7) is 0. The highest BCUT2D eigenvalue weighted by Gasteiger charge is 2.01. The SMILES string of the molecule is CSc1ncc(Br)c(C#N)n1. The van der Waals surface area contributed by atoms with Crippen LogP contribution in [0.4, 0.5) is 0 Å². The molecule has 0 N–H and O–H groups in total. The van der Waals surface area contributed by atoms with Gasteiger partial charge in [-0.25, -0.2) is 9.97 Å². The van der Waals surface area contributed by atoms with Gasteiger partial charge in [-0.05, 0) is 22.2 Å². The van der Waals surface area contributed by atoms with Gasteiger partial charge in [-0.15, -0.1) is 0 Å². The summed E-state index contributed by atoms with van der Waals surface area (Å²) in [5, 5.41) is 9.17. The van der Waals surface area contributed by atoms with E-state index in [1.165, 1.54) is 11.8 Å². The van der Waals surface area contributed by atoms with Gasteiger partial charge < -0.3 is 0 Å². The lowest BCUT2D eigenvalue weighted by molar-refractivity contribution is 0.946. The van der Waals surface area contributed by atoms with Crippen LogP contribution in [0.2, 0.25) is 0 Å². The van der Waals surface area contributed by atoms with E-state index in [0.717, 1.165) is 0 Å². The number of aromatic nitrogens is 2. The maximum atomic E-state index is 8.56. The van der Waals surface area contributed by atoms with Crippen molar-refractivity contribution in [2.24, 2.45) is 0 Å². The van der Waals surface area contributed by atoms with E-state index < -0.39 is 0 Å². The monoisotopic (exact) mass is 229 g/mol. The Morgan fingerprint density at radius 3 is 3.00 bits per heavy atom. The first kappa shape index (κ1) is 8.50. The second kappa shape index (κ2) is 3.69. The molecule has 0 saturated carbocycles. The van der Waals surface area contributed by atoms with Crippen LogP contribution in [0.5, 0.6) is 0 Å². The second-order valence-corrected chi connectivity index (χ2v) is 3.29. The summed E-state index contributed by atoms with van der Waals surface area (Å²) in [4.78, 5) is 7.91. The highest BCUT2D eigenvalue weighted by Crippen LogP contribution is 2.15. The highest BCUT2D eigenvalue weighted by molar-refractivity contribution is 9.10. The minimum atomic E-state index is 0.379. The minimum Gasteiger partial charge on any atom is -0.230 e. The maximum absolute atomic E-state index is 8.56. The largest absolute Gasteiger partial charge is 0.230 e. The smallest absolute Gasteiger partial charge is 0.188 e. The Bertz CT molecular complexity index is 307. The summed E-state index contributed by atoms with van der Waals surface area (Å²) in [6, 6.07) is 1.96. The molecule has 0 atom stereocenters. The van der Waals surface area contributed by atoms with Gasteiger partial charge in [-0.2, -0.15) is 5.26 Å². The molecule has 0 aliphatic carbocycles. The predicted molar refractivity (Wildman–Crippen MR) is 46.2 cm³/mol. The zero-order chi connectivity index (χ0) is 8.27. The second-order valence-electron chi connectivity index (χ2n) is 1.67. The van der Waals surface area contributed by atoms with Gasteiger partial charge in [0.05, 0.1) is 4.47 Å². The van der Waals surface area contributed by atoms with Gasteiger partial charge in [-0.1, -0.05) is 11.8 Å². The molecule has 0 bridgehead atoms. The number of hydrogen-bond donors (Lipinski definition) is 0. The molecule has 0 aliphatic rings. The van der Waals surface area contributed by atoms with Crippen LogP contribution in [0.15, 0.2) is 15.8 Å². The van der Waals surface area contributed by atoms with Gasteiger partial charge in [0.15, 0.2) is 10.9 Å². The number of nitrogens with zero attached hydrogens (tertiary/aromatic N) is 3. The van der Waals surface area contributed by atoms with Crippen LogP contribution in [0, 0.1) is 11.3 Å². The molecule has 0 aliphatic heterocycles. The van der Waals surface area contributed by atoms with E-state index in [-0.39, 0.29) is 0 Å². The quantitative estimate of drug-likeness (QED) is 0.545. The molecule has 0 radical (unpaired) electrons.